The molecule has 0 bridgehead atoms. The number of ketones is 1. The number of nitrogens with one attached hydrogen (secondary N) is 2. The number of aromatic nitrogens is 1. The van der Waals surface area contributed by atoms with E-state index in [1.807, 2.05) is 4.90 Å². The van der Waals surface area contributed by atoms with E-state index in [4.69, 9.17) is 9.47 Å². The van der Waals surface area contributed by atoms with Crippen LogP contribution in [0.5, 0.6) is 5.75 Å². The monoisotopic (exact) mass is 373 g/mol. The van der Waals surface area contributed by atoms with Crippen molar-refractivity contribution in [3.63, 3.8) is 0 Å². The molecule has 144 valence electrons. The van der Waals surface area contributed by atoms with Crippen molar-refractivity contribution < 1.29 is 23.9 Å². The fraction of sp³-hybridized carbons (Fsp3) is 0.421. The highest BCUT2D eigenvalue weighted by atomic mass is 16.5. The summed E-state index contributed by atoms with van der Waals surface area (Å²) in [4.78, 5) is 41.2. The molecule has 1 aliphatic rings. The molecule has 1 saturated heterocycles. The van der Waals surface area contributed by atoms with E-state index >= 15 is 0 Å². The Hall–Kier alpha value is -2.87. The van der Waals surface area contributed by atoms with Crippen LogP contribution >= 0.6 is 0 Å². The van der Waals surface area contributed by atoms with E-state index in [9.17, 15) is 14.4 Å². The topological polar surface area (TPSA) is 101 Å². The van der Waals surface area contributed by atoms with Crippen LogP contribution in [0.3, 0.4) is 0 Å². The van der Waals surface area contributed by atoms with Crippen molar-refractivity contribution in [2.45, 2.75) is 19.8 Å². The molecule has 1 aliphatic heterocycles. The lowest BCUT2D eigenvalue weighted by molar-refractivity contribution is -0.124. The Morgan fingerprint density at radius 2 is 2.00 bits per heavy atom. The van der Waals surface area contributed by atoms with Crippen molar-refractivity contribution in [2.24, 2.45) is 0 Å². The second kappa shape index (κ2) is 8.22. The van der Waals surface area contributed by atoms with Crippen LogP contribution in [0.15, 0.2) is 18.2 Å². The number of likely N-dealkylation sites (tertiary alicyclic amines) is 1. The first-order valence-corrected chi connectivity index (χ1v) is 8.92. The van der Waals surface area contributed by atoms with E-state index in [0.717, 1.165) is 0 Å². The zero-order chi connectivity index (χ0) is 19.4. The first-order valence-electron chi connectivity index (χ1n) is 8.92. The van der Waals surface area contributed by atoms with Gasteiger partial charge in [-0.25, -0.2) is 4.79 Å². The van der Waals surface area contributed by atoms with E-state index in [0.29, 0.717) is 48.3 Å². The van der Waals surface area contributed by atoms with Crippen LogP contribution in [0.1, 0.15) is 30.3 Å². The Morgan fingerprint density at radius 1 is 1.26 bits per heavy atom. The summed E-state index contributed by atoms with van der Waals surface area (Å²) in [6, 6.07) is 5.30. The Kier molecular flexibility index (Phi) is 5.75. The summed E-state index contributed by atoms with van der Waals surface area (Å²) in [7, 11) is 1.55. The number of rotatable bonds is 6. The number of carbonyl (C=O) groups is 3. The number of nitrogens with zero attached hydrogens (tertiary/aromatic N) is 1. The Labute approximate surface area is 156 Å². The van der Waals surface area contributed by atoms with Crippen LogP contribution in [0.2, 0.25) is 0 Å². The Bertz CT molecular complexity index is 864. The molecule has 8 heteroatoms. The van der Waals surface area contributed by atoms with Gasteiger partial charge in [-0.2, -0.15) is 0 Å². The standard InChI is InChI=1S/C19H23N3O5/c1-3-27-19(25)18-17(14-10-13(26-2)4-5-15(14)20-18)21-16(24)11-22-8-6-12(23)7-9-22/h4-5,10,20H,3,6-9,11H2,1-2H3,(H,21,24). The fourth-order valence-corrected chi connectivity index (χ4v) is 3.13. The smallest absolute Gasteiger partial charge is 0.356 e. The quantitative estimate of drug-likeness (QED) is 0.751. The third-order valence-electron chi connectivity index (χ3n) is 4.53. The van der Waals surface area contributed by atoms with E-state index in [2.05, 4.69) is 10.3 Å². The van der Waals surface area contributed by atoms with Gasteiger partial charge >= 0.3 is 5.97 Å². The average molecular weight is 373 g/mol. The van der Waals surface area contributed by atoms with Crippen LogP contribution in [0, 0.1) is 0 Å². The summed E-state index contributed by atoms with van der Waals surface area (Å²) in [6.07, 6.45) is 0.928. The fourth-order valence-electron chi connectivity index (χ4n) is 3.13. The van der Waals surface area contributed by atoms with Crippen molar-refractivity contribution in [3.8, 4) is 5.75 Å². The van der Waals surface area contributed by atoms with Gasteiger partial charge in [0.05, 0.1) is 25.9 Å². The molecule has 0 radical (unpaired) electrons. The van der Waals surface area contributed by atoms with Crippen LogP contribution in [-0.2, 0) is 14.3 Å². The molecule has 2 aromatic rings. The number of fused-ring (bicyclic) bond motifs is 1. The number of ether oxygens (including phenoxy) is 2. The molecule has 2 N–H and O–H groups in total. The molecule has 2 heterocycles. The number of esters is 1. The molecule has 0 aliphatic carbocycles. The summed E-state index contributed by atoms with van der Waals surface area (Å²) in [5, 5.41) is 3.50. The highest BCUT2D eigenvalue weighted by Gasteiger charge is 2.23. The molecule has 3 rings (SSSR count). The second-order valence-electron chi connectivity index (χ2n) is 6.37. The lowest BCUT2D eigenvalue weighted by atomic mass is 10.1. The van der Waals surface area contributed by atoms with Gasteiger partial charge in [0.15, 0.2) is 0 Å². The van der Waals surface area contributed by atoms with Gasteiger partial charge in [0, 0.05) is 36.8 Å². The third-order valence-corrected chi connectivity index (χ3v) is 4.53. The van der Waals surface area contributed by atoms with Crippen LogP contribution in [-0.4, -0.2) is 60.9 Å². The first kappa shape index (κ1) is 18.9. The number of piperidine rings is 1. The molecule has 1 amide bonds. The zero-order valence-corrected chi connectivity index (χ0v) is 15.5. The maximum absolute atomic E-state index is 12.6. The molecular weight excluding hydrogens is 350 g/mol. The summed E-state index contributed by atoms with van der Waals surface area (Å²) < 4.78 is 10.3. The number of aromatic amines is 1. The normalized spacial score (nSPS) is 15.0. The van der Waals surface area contributed by atoms with Crippen molar-refractivity contribution in [2.75, 3.05) is 38.7 Å². The average Bonchev–Trinajstić information content (AvgIpc) is 3.01. The minimum atomic E-state index is -0.536. The second-order valence-corrected chi connectivity index (χ2v) is 6.37. The summed E-state index contributed by atoms with van der Waals surface area (Å²) >= 11 is 0. The van der Waals surface area contributed by atoms with E-state index in [1.165, 1.54) is 0 Å². The minimum Gasteiger partial charge on any atom is -0.497 e. The van der Waals surface area contributed by atoms with E-state index < -0.39 is 5.97 Å². The maximum atomic E-state index is 12.6. The lowest BCUT2D eigenvalue weighted by Gasteiger charge is -2.24. The van der Waals surface area contributed by atoms with Crippen molar-refractivity contribution in [1.29, 1.82) is 0 Å². The van der Waals surface area contributed by atoms with Crippen LogP contribution < -0.4 is 10.1 Å². The predicted octanol–water partition coefficient (Wildman–Crippen LogP) is 1.96. The molecule has 0 atom stereocenters. The Balaban J connectivity index is 1.85. The van der Waals surface area contributed by atoms with Gasteiger partial charge in [0.25, 0.3) is 0 Å². The molecule has 1 fully saturated rings. The Morgan fingerprint density at radius 3 is 2.67 bits per heavy atom. The summed E-state index contributed by atoms with van der Waals surface area (Å²) in [5.74, 6) is 0.0482. The van der Waals surface area contributed by atoms with E-state index in [-0.39, 0.29) is 30.5 Å². The molecule has 1 aromatic heterocycles. The molecule has 0 spiro atoms. The molecule has 0 unspecified atom stereocenters. The van der Waals surface area contributed by atoms with Crippen LogP contribution in [0.25, 0.3) is 10.9 Å². The van der Waals surface area contributed by atoms with Crippen molar-refractivity contribution >= 4 is 34.3 Å². The van der Waals surface area contributed by atoms with Gasteiger partial charge in [-0.3, -0.25) is 14.5 Å². The lowest BCUT2D eigenvalue weighted by Crippen LogP contribution is -2.39. The zero-order valence-electron chi connectivity index (χ0n) is 15.5. The molecule has 8 nitrogen and oxygen atoms in total. The largest absolute Gasteiger partial charge is 0.497 e. The molecule has 27 heavy (non-hydrogen) atoms. The van der Waals surface area contributed by atoms with Gasteiger partial charge in [-0.1, -0.05) is 0 Å². The summed E-state index contributed by atoms with van der Waals surface area (Å²) in [6.45, 7) is 3.25. The number of benzene rings is 1. The van der Waals surface area contributed by atoms with Crippen molar-refractivity contribution in [3.05, 3.63) is 23.9 Å². The highest BCUT2D eigenvalue weighted by Crippen LogP contribution is 2.31. The molecule has 1 aromatic carbocycles. The first-order chi connectivity index (χ1) is 13.0. The van der Waals surface area contributed by atoms with Gasteiger partial charge in [-0.05, 0) is 25.1 Å². The SMILES string of the molecule is CCOC(=O)c1[nH]c2ccc(OC)cc2c1NC(=O)CN1CCC(=O)CC1. The number of methoxy groups -OCH3 is 1. The van der Waals surface area contributed by atoms with Crippen molar-refractivity contribution in [1.82, 2.24) is 9.88 Å². The van der Waals surface area contributed by atoms with Gasteiger partial charge in [0.2, 0.25) is 5.91 Å². The van der Waals surface area contributed by atoms with Gasteiger partial charge < -0.3 is 19.8 Å². The third kappa shape index (κ3) is 4.28. The minimum absolute atomic E-state index is 0.159. The number of Topliss-reactive ketones (excluding diaryl/α,β-unsaturated/α-hetero) is 1. The van der Waals surface area contributed by atoms with Gasteiger partial charge in [0.1, 0.15) is 17.2 Å². The number of amides is 1. The number of anilines is 1. The number of H-pyrrole nitrogens is 1. The van der Waals surface area contributed by atoms with Gasteiger partial charge in [-0.15, -0.1) is 0 Å². The number of hydrogen-bond acceptors (Lipinski definition) is 6. The maximum Gasteiger partial charge on any atom is 0.356 e. The number of hydrogen-bond donors (Lipinski definition) is 2. The summed E-state index contributed by atoms with van der Waals surface area (Å²) in [5.41, 5.74) is 1.26. The predicted molar refractivity (Wildman–Crippen MR) is 100 cm³/mol. The highest BCUT2D eigenvalue weighted by molar-refractivity contribution is 6.11. The van der Waals surface area contributed by atoms with E-state index in [1.54, 1.807) is 32.2 Å². The van der Waals surface area contributed by atoms with Crippen LogP contribution in [0.4, 0.5) is 5.69 Å². The molecule has 0 saturated carbocycles. The molecular formula is C19H23N3O5. The number of carbonyl (C=O) groups excluding carboxylic acids is 3.